The molecule has 4 saturated carbocycles. The second-order valence-electron chi connectivity index (χ2n) is 17.5. The van der Waals surface area contributed by atoms with Crippen molar-refractivity contribution < 1.29 is 77.9 Å². The van der Waals surface area contributed by atoms with E-state index in [0.717, 1.165) is 0 Å². The molecule has 5 N–H and O–H groups in total. The Bertz CT molecular complexity index is 1630. The second-order valence-corrected chi connectivity index (χ2v) is 17.5. The Morgan fingerprint density at radius 2 is 1.65 bits per heavy atom. The number of hydrogen-bond acceptors (Lipinski definition) is 16. The molecule has 0 aromatic carbocycles. The molecule has 8 rings (SSSR count). The van der Waals surface area contributed by atoms with Crippen molar-refractivity contribution in [3.8, 4) is 0 Å². The van der Waals surface area contributed by atoms with Crippen LogP contribution in [-0.2, 0) is 52.3 Å². The Balaban J connectivity index is 1.06. The van der Waals surface area contributed by atoms with E-state index in [1.54, 1.807) is 6.92 Å². The number of ether oxygens (including phenoxy) is 7. The minimum atomic E-state index is -1.64. The predicted octanol–water partition coefficient (Wildman–Crippen LogP) is -0.528. The summed E-state index contributed by atoms with van der Waals surface area (Å²) in [7, 11) is 0. The van der Waals surface area contributed by atoms with Crippen molar-refractivity contribution in [1.82, 2.24) is 0 Å². The first kappa shape index (κ1) is 38.3. The smallest absolute Gasteiger partial charge is 0.336 e. The highest BCUT2D eigenvalue weighted by Crippen LogP contribution is 2.74. The summed E-state index contributed by atoms with van der Waals surface area (Å²) in [6.45, 7) is 9.20. The van der Waals surface area contributed by atoms with Crippen molar-refractivity contribution >= 4 is 23.7 Å². The van der Waals surface area contributed by atoms with Gasteiger partial charge in [-0.15, -0.1) is 0 Å². The fraction of sp³-hybridized carbons (Fsp3) is 0.842. The van der Waals surface area contributed by atoms with E-state index in [2.05, 4.69) is 0 Å². The third-order valence-electron chi connectivity index (χ3n) is 14.9. The summed E-state index contributed by atoms with van der Waals surface area (Å²) in [6, 6.07) is 0. The first-order valence-electron chi connectivity index (χ1n) is 19.1. The average Bonchev–Trinajstić information content (AvgIpc) is 4.02. The van der Waals surface area contributed by atoms with E-state index in [0.29, 0.717) is 12.0 Å². The van der Waals surface area contributed by atoms with Crippen molar-refractivity contribution in [3.05, 3.63) is 11.1 Å². The molecule has 0 radical (unpaired) electrons. The van der Waals surface area contributed by atoms with E-state index in [-0.39, 0.29) is 73.3 Å². The number of ketones is 1. The van der Waals surface area contributed by atoms with Crippen molar-refractivity contribution in [2.24, 2.45) is 40.4 Å². The molecule has 0 spiro atoms. The maximum atomic E-state index is 14.4. The molecule has 0 amide bonds. The Labute approximate surface area is 312 Å². The van der Waals surface area contributed by atoms with Crippen LogP contribution in [0, 0.1) is 40.4 Å². The molecule has 300 valence electrons. The highest BCUT2D eigenvalue weighted by molar-refractivity contribution is 5.91. The molecule has 4 aliphatic carbocycles. The van der Waals surface area contributed by atoms with Crippen LogP contribution in [0.2, 0.25) is 0 Å². The van der Waals surface area contributed by atoms with Gasteiger partial charge in [0.2, 0.25) is 0 Å². The standard InChI is InChI=1S/C38H52O16/c1-13-7-21(52-34(46)17(13)12-48-35-29(45)28(44)27(43)23(11-39)53-35)14(2)26-20(42)8-18-25-19(9-24(36(18,26)5)49-15(3)40)37(6)32(50-16(4)41)30-22(51-30)10-38(37,47)33-31(25)54-33/h14,18-19,21-33,35,39,43-45,47H,7-12H2,1-6H3/t14-,18+,19+,21-,22+,23-,24+,25+,26+,27-,28+,29-,30+,31+,32+,33+,35-,36-,37+,38-/m1/s1. The zero-order valence-corrected chi connectivity index (χ0v) is 31.3. The van der Waals surface area contributed by atoms with Gasteiger partial charge in [-0.3, -0.25) is 14.4 Å². The Morgan fingerprint density at radius 1 is 0.944 bits per heavy atom. The number of carbonyl (C=O) groups is 4. The van der Waals surface area contributed by atoms with Gasteiger partial charge in [0.15, 0.2) is 6.29 Å². The Kier molecular flexibility index (Phi) is 9.23. The third kappa shape index (κ3) is 5.41. The van der Waals surface area contributed by atoms with E-state index in [4.69, 9.17) is 33.2 Å². The SMILES string of the molecule is CC(=O)O[C@H]1C[C@H]2[C@@H]([C@@H]3O[C@@H]3[C@]3(O)C[C@@H]4O[C@@H]4[C@H](OC(C)=O)[C@]23C)[C@@H]2CC(=O)[C@H]([C@H](C)[C@H]3CC(C)=C(CO[C@@H]4O[C@H](CO)[C@@H](O)[C@H](O)[C@H]4O)C(=O)O3)[C@@]12C. The predicted molar refractivity (Wildman–Crippen MR) is 178 cm³/mol. The van der Waals surface area contributed by atoms with Crippen LogP contribution < -0.4 is 0 Å². The minimum absolute atomic E-state index is 0.0452. The van der Waals surface area contributed by atoms with Crippen LogP contribution in [0.3, 0.4) is 0 Å². The van der Waals surface area contributed by atoms with Gasteiger partial charge in [-0.25, -0.2) is 4.79 Å². The van der Waals surface area contributed by atoms with Crippen LogP contribution in [0.1, 0.15) is 67.2 Å². The lowest BCUT2D eigenvalue weighted by atomic mass is 9.41. The number of rotatable bonds is 8. The number of fused-ring (bicyclic) bond motifs is 9. The molecule has 7 fully saturated rings. The molecule has 54 heavy (non-hydrogen) atoms. The minimum Gasteiger partial charge on any atom is -0.462 e. The molecule has 4 aliphatic heterocycles. The first-order chi connectivity index (χ1) is 25.4. The molecule has 20 atom stereocenters. The lowest BCUT2D eigenvalue weighted by Gasteiger charge is -2.63. The summed E-state index contributed by atoms with van der Waals surface area (Å²) in [6.07, 6.45) is -10.2. The van der Waals surface area contributed by atoms with Crippen molar-refractivity contribution in [2.75, 3.05) is 13.2 Å². The number of aliphatic hydroxyl groups is 5. The first-order valence-corrected chi connectivity index (χ1v) is 19.1. The van der Waals surface area contributed by atoms with Gasteiger partial charge < -0.3 is 58.7 Å². The lowest BCUT2D eigenvalue weighted by Crippen LogP contribution is -2.72. The number of epoxide rings is 2. The summed E-state index contributed by atoms with van der Waals surface area (Å²) in [5.74, 6) is -3.83. The molecular formula is C38H52O16. The second kappa shape index (κ2) is 13.0. The van der Waals surface area contributed by atoms with Crippen LogP contribution >= 0.6 is 0 Å². The summed E-state index contributed by atoms with van der Waals surface area (Å²) in [5, 5.41) is 52.6. The Morgan fingerprint density at radius 3 is 2.30 bits per heavy atom. The van der Waals surface area contributed by atoms with Gasteiger partial charge in [0.25, 0.3) is 0 Å². The van der Waals surface area contributed by atoms with E-state index in [9.17, 15) is 44.7 Å². The largest absolute Gasteiger partial charge is 0.462 e. The van der Waals surface area contributed by atoms with Gasteiger partial charge in [-0.2, -0.15) is 0 Å². The van der Waals surface area contributed by atoms with Crippen LogP contribution in [0.5, 0.6) is 0 Å². The van der Waals surface area contributed by atoms with Gasteiger partial charge in [0.05, 0.1) is 31.0 Å². The van der Waals surface area contributed by atoms with Crippen LogP contribution in [0.15, 0.2) is 11.1 Å². The van der Waals surface area contributed by atoms with E-state index < -0.39 is 108 Å². The van der Waals surface area contributed by atoms with Gasteiger partial charge in [-0.1, -0.05) is 26.3 Å². The average molecular weight is 765 g/mol. The fourth-order valence-electron chi connectivity index (χ4n) is 12.1. The quantitative estimate of drug-likeness (QED) is 0.119. The van der Waals surface area contributed by atoms with Gasteiger partial charge in [0.1, 0.15) is 66.3 Å². The normalized spacial score (nSPS) is 52.1. The molecule has 4 heterocycles. The molecule has 0 unspecified atom stereocenters. The molecule has 0 bridgehead atoms. The number of carbonyl (C=O) groups excluding carboxylic acids is 4. The van der Waals surface area contributed by atoms with E-state index >= 15 is 0 Å². The molecule has 0 aromatic rings. The lowest BCUT2D eigenvalue weighted by molar-refractivity contribution is -0.299. The summed E-state index contributed by atoms with van der Waals surface area (Å²) >= 11 is 0. The van der Waals surface area contributed by atoms with Crippen molar-refractivity contribution in [2.45, 2.75) is 146 Å². The number of Topliss-reactive ketones (excluding diaryl/α,β-unsaturated/α-hetero) is 1. The number of cyclic esters (lactones) is 1. The zero-order chi connectivity index (χ0) is 39.0. The number of hydrogen-bond donors (Lipinski definition) is 5. The maximum absolute atomic E-state index is 14.4. The summed E-state index contributed by atoms with van der Waals surface area (Å²) in [4.78, 5) is 53.2. The fourth-order valence-corrected chi connectivity index (χ4v) is 12.1. The van der Waals surface area contributed by atoms with Crippen molar-refractivity contribution in [1.29, 1.82) is 0 Å². The number of aliphatic hydroxyl groups excluding tert-OH is 4. The molecule has 3 saturated heterocycles. The summed E-state index contributed by atoms with van der Waals surface area (Å²) in [5.41, 5.74) is -2.49. The highest BCUT2D eigenvalue weighted by Gasteiger charge is 2.84. The summed E-state index contributed by atoms with van der Waals surface area (Å²) < 4.78 is 41.5. The van der Waals surface area contributed by atoms with Crippen LogP contribution in [0.25, 0.3) is 0 Å². The van der Waals surface area contributed by atoms with Gasteiger partial charge in [-0.05, 0) is 31.1 Å². The van der Waals surface area contributed by atoms with Crippen LogP contribution in [0.4, 0.5) is 0 Å². The van der Waals surface area contributed by atoms with Gasteiger partial charge in [0, 0.05) is 55.8 Å². The third-order valence-corrected chi connectivity index (χ3v) is 14.9. The molecule has 8 aliphatic rings. The van der Waals surface area contributed by atoms with E-state index in [1.165, 1.54) is 13.8 Å². The maximum Gasteiger partial charge on any atom is 0.336 e. The van der Waals surface area contributed by atoms with Crippen molar-refractivity contribution in [3.63, 3.8) is 0 Å². The number of esters is 3. The monoisotopic (exact) mass is 764 g/mol. The van der Waals surface area contributed by atoms with Crippen LogP contribution in [-0.4, -0.2) is 141 Å². The van der Waals surface area contributed by atoms with E-state index in [1.807, 2.05) is 20.8 Å². The topological polar surface area (TPSA) is 241 Å². The molecule has 16 heteroatoms. The Hall–Kier alpha value is -2.54. The molecular weight excluding hydrogens is 712 g/mol. The highest BCUT2D eigenvalue weighted by atomic mass is 16.7. The zero-order valence-electron chi connectivity index (χ0n) is 31.3. The van der Waals surface area contributed by atoms with Gasteiger partial charge >= 0.3 is 17.9 Å². The molecule has 16 nitrogen and oxygen atoms in total. The molecule has 0 aromatic heterocycles.